The first-order valence-corrected chi connectivity index (χ1v) is 8.88. The van der Waals surface area contributed by atoms with Gasteiger partial charge in [-0.15, -0.1) is 5.10 Å². The minimum Gasteiger partial charge on any atom is -0.440 e. The Balaban J connectivity index is 1.46. The Morgan fingerprint density at radius 3 is 2.65 bits per heavy atom. The van der Waals surface area contributed by atoms with Gasteiger partial charge in [0, 0.05) is 18.8 Å². The lowest BCUT2D eigenvalue weighted by atomic mass is 10.2. The molecule has 1 aromatic carbocycles. The largest absolute Gasteiger partial charge is 0.440 e. The first-order chi connectivity index (χ1) is 12.7. The van der Waals surface area contributed by atoms with E-state index in [9.17, 15) is 0 Å². The maximum atomic E-state index is 6.45. The topological polar surface area (TPSA) is 62.2 Å². The van der Waals surface area contributed by atoms with E-state index in [1.807, 2.05) is 37.3 Å². The van der Waals surface area contributed by atoms with E-state index >= 15 is 0 Å². The molecule has 7 nitrogen and oxygen atoms in total. The van der Waals surface area contributed by atoms with Gasteiger partial charge in [-0.05, 0) is 25.1 Å². The Labute approximate surface area is 157 Å². The van der Waals surface area contributed by atoms with Crippen LogP contribution in [0.25, 0.3) is 0 Å². The zero-order valence-electron chi connectivity index (χ0n) is 14.5. The third-order valence-electron chi connectivity index (χ3n) is 4.25. The standard InChI is InChI=1S/C18H20ClN5O2/c1-13-2-4-14(5-3-13)21-18-22-24(12-26-18)15-10-16(19)17(20-11-15)23-6-8-25-9-7-23/h2-5,10-11H,6-9,12H2,1H3,(H,21,22). The second kappa shape index (κ2) is 7.39. The minimum atomic E-state index is 0.309. The number of nitrogens with zero attached hydrogens (tertiary/aromatic N) is 4. The van der Waals surface area contributed by atoms with Crippen LogP contribution in [-0.2, 0) is 9.47 Å². The Morgan fingerprint density at radius 2 is 1.92 bits per heavy atom. The van der Waals surface area contributed by atoms with Crippen molar-refractivity contribution in [3.8, 4) is 0 Å². The number of hydrogen-bond acceptors (Lipinski definition) is 7. The SMILES string of the molecule is Cc1ccc(NC2=NN(c3cnc(N4CCOCC4)c(Cl)c3)CO2)cc1. The molecule has 1 N–H and O–H groups in total. The summed E-state index contributed by atoms with van der Waals surface area (Å²) >= 11 is 6.45. The number of hydrazone groups is 1. The molecule has 0 aliphatic carbocycles. The molecule has 8 heteroatoms. The van der Waals surface area contributed by atoms with Crippen LogP contribution in [0.5, 0.6) is 0 Å². The first-order valence-electron chi connectivity index (χ1n) is 8.50. The van der Waals surface area contributed by atoms with Crippen LogP contribution in [-0.4, -0.2) is 44.0 Å². The lowest BCUT2D eigenvalue weighted by molar-refractivity contribution is 0.122. The highest BCUT2D eigenvalue weighted by Gasteiger charge is 2.21. The fraction of sp³-hybridized carbons (Fsp3) is 0.333. The molecule has 0 unspecified atom stereocenters. The Morgan fingerprint density at radius 1 is 1.15 bits per heavy atom. The van der Waals surface area contributed by atoms with Crippen molar-refractivity contribution in [1.29, 1.82) is 0 Å². The van der Waals surface area contributed by atoms with E-state index in [0.717, 1.165) is 30.3 Å². The summed E-state index contributed by atoms with van der Waals surface area (Å²) in [6.07, 6.45) is 1.76. The van der Waals surface area contributed by atoms with Crippen molar-refractivity contribution in [2.24, 2.45) is 5.10 Å². The Bertz CT molecular complexity index is 806. The van der Waals surface area contributed by atoms with Crippen LogP contribution >= 0.6 is 11.6 Å². The van der Waals surface area contributed by atoms with Crippen LogP contribution in [0.1, 0.15) is 5.56 Å². The van der Waals surface area contributed by atoms with E-state index in [0.29, 0.717) is 31.0 Å². The van der Waals surface area contributed by atoms with Crippen molar-refractivity contribution in [2.75, 3.05) is 48.3 Å². The lowest BCUT2D eigenvalue weighted by Gasteiger charge is -2.28. The molecular weight excluding hydrogens is 354 g/mol. The summed E-state index contributed by atoms with van der Waals surface area (Å²) in [5.74, 6) is 0.779. The number of anilines is 3. The third-order valence-corrected chi connectivity index (χ3v) is 4.53. The molecule has 2 aliphatic heterocycles. The average molecular weight is 374 g/mol. The first kappa shape index (κ1) is 16.9. The maximum absolute atomic E-state index is 6.45. The van der Waals surface area contributed by atoms with Crippen molar-refractivity contribution < 1.29 is 9.47 Å². The zero-order valence-corrected chi connectivity index (χ0v) is 15.2. The van der Waals surface area contributed by atoms with Crippen LogP contribution in [0.4, 0.5) is 17.2 Å². The third kappa shape index (κ3) is 3.68. The number of hydrogen-bond donors (Lipinski definition) is 1. The van der Waals surface area contributed by atoms with Crippen LogP contribution < -0.4 is 15.2 Å². The van der Waals surface area contributed by atoms with Crippen molar-refractivity contribution >= 4 is 34.8 Å². The van der Waals surface area contributed by atoms with E-state index in [1.165, 1.54) is 5.56 Å². The summed E-state index contributed by atoms with van der Waals surface area (Å²) in [7, 11) is 0. The molecular formula is C18H20ClN5O2. The smallest absolute Gasteiger partial charge is 0.313 e. The number of aromatic nitrogens is 1. The van der Waals surface area contributed by atoms with Crippen LogP contribution in [0.3, 0.4) is 0 Å². The molecule has 0 saturated carbocycles. The monoisotopic (exact) mass is 373 g/mol. The number of pyridine rings is 1. The molecule has 1 saturated heterocycles. The van der Waals surface area contributed by atoms with E-state index in [-0.39, 0.29) is 0 Å². The number of halogens is 1. The van der Waals surface area contributed by atoms with Crippen molar-refractivity contribution in [2.45, 2.75) is 6.92 Å². The van der Waals surface area contributed by atoms with Crippen LogP contribution in [0.2, 0.25) is 5.02 Å². The second-order valence-corrected chi connectivity index (χ2v) is 6.57. The molecule has 4 rings (SSSR count). The maximum Gasteiger partial charge on any atom is 0.313 e. The highest BCUT2D eigenvalue weighted by Crippen LogP contribution is 2.29. The Hall–Kier alpha value is -2.51. The normalized spacial score (nSPS) is 17.1. The van der Waals surface area contributed by atoms with Crippen LogP contribution in [0, 0.1) is 6.92 Å². The molecule has 0 bridgehead atoms. The van der Waals surface area contributed by atoms with E-state index in [4.69, 9.17) is 21.1 Å². The number of amidine groups is 1. The molecule has 2 aromatic rings. The van der Waals surface area contributed by atoms with Gasteiger partial charge in [0.1, 0.15) is 5.82 Å². The fourth-order valence-corrected chi connectivity index (χ4v) is 3.09. The highest BCUT2D eigenvalue weighted by atomic mass is 35.5. The summed E-state index contributed by atoms with van der Waals surface area (Å²) < 4.78 is 11.0. The van der Waals surface area contributed by atoms with Gasteiger partial charge in [-0.1, -0.05) is 29.3 Å². The molecule has 136 valence electrons. The number of aryl methyl sites for hydroxylation is 1. The molecule has 0 amide bonds. The van der Waals surface area contributed by atoms with Crippen LogP contribution in [0.15, 0.2) is 41.6 Å². The van der Waals surface area contributed by atoms with E-state index < -0.39 is 0 Å². The highest BCUT2D eigenvalue weighted by molar-refractivity contribution is 6.33. The Kier molecular flexibility index (Phi) is 4.81. The predicted octanol–water partition coefficient (Wildman–Crippen LogP) is 3.06. The van der Waals surface area contributed by atoms with Gasteiger partial charge in [-0.2, -0.15) is 0 Å². The number of rotatable bonds is 3. The molecule has 0 atom stereocenters. The number of nitrogens with one attached hydrogen (secondary N) is 1. The van der Waals surface area contributed by atoms with Crippen molar-refractivity contribution in [3.05, 3.63) is 47.1 Å². The van der Waals surface area contributed by atoms with E-state index in [2.05, 4.69) is 20.3 Å². The summed E-state index contributed by atoms with van der Waals surface area (Å²) in [6, 6.07) is 10.3. The summed E-state index contributed by atoms with van der Waals surface area (Å²) in [6.45, 7) is 5.33. The summed E-state index contributed by atoms with van der Waals surface area (Å²) in [5.41, 5.74) is 2.91. The zero-order chi connectivity index (χ0) is 17.9. The second-order valence-electron chi connectivity index (χ2n) is 6.17. The lowest BCUT2D eigenvalue weighted by Crippen LogP contribution is -2.37. The van der Waals surface area contributed by atoms with Gasteiger partial charge < -0.3 is 19.7 Å². The molecule has 0 spiro atoms. The van der Waals surface area contributed by atoms with Gasteiger partial charge in [0.25, 0.3) is 0 Å². The minimum absolute atomic E-state index is 0.309. The quantitative estimate of drug-likeness (QED) is 0.892. The molecule has 1 fully saturated rings. The fourth-order valence-electron chi connectivity index (χ4n) is 2.81. The van der Waals surface area contributed by atoms with Gasteiger partial charge in [-0.25, -0.2) is 9.99 Å². The summed E-state index contributed by atoms with van der Waals surface area (Å²) in [5, 5.41) is 9.92. The van der Waals surface area contributed by atoms with Gasteiger partial charge in [0.05, 0.1) is 30.1 Å². The average Bonchev–Trinajstić information content (AvgIpc) is 3.13. The molecule has 0 radical (unpaired) electrons. The van der Waals surface area contributed by atoms with E-state index in [1.54, 1.807) is 11.2 Å². The molecule has 3 heterocycles. The van der Waals surface area contributed by atoms with Gasteiger partial charge in [0.2, 0.25) is 0 Å². The molecule has 1 aromatic heterocycles. The van der Waals surface area contributed by atoms with Gasteiger partial charge >= 0.3 is 6.02 Å². The number of benzene rings is 1. The van der Waals surface area contributed by atoms with Gasteiger partial charge in [-0.3, -0.25) is 0 Å². The summed E-state index contributed by atoms with van der Waals surface area (Å²) in [4.78, 5) is 6.65. The number of morpholine rings is 1. The predicted molar refractivity (Wildman–Crippen MR) is 103 cm³/mol. The molecule has 26 heavy (non-hydrogen) atoms. The van der Waals surface area contributed by atoms with Crippen molar-refractivity contribution in [3.63, 3.8) is 0 Å². The molecule has 2 aliphatic rings. The van der Waals surface area contributed by atoms with Gasteiger partial charge in [0.15, 0.2) is 6.73 Å². The van der Waals surface area contributed by atoms with Crippen molar-refractivity contribution in [1.82, 2.24) is 4.98 Å². The number of ether oxygens (including phenoxy) is 2.